The van der Waals surface area contributed by atoms with Crippen molar-refractivity contribution in [1.82, 2.24) is 14.8 Å². The van der Waals surface area contributed by atoms with Crippen molar-refractivity contribution in [2.45, 2.75) is 18.9 Å². The van der Waals surface area contributed by atoms with Gasteiger partial charge in [0.2, 0.25) is 5.75 Å². The van der Waals surface area contributed by atoms with E-state index in [1.807, 2.05) is 16.7 Å². The average molecular weight is 307 g/mol. The highest BCUT2D eigenvalue weighted by molar-refractivity contribution is 7.71. The molecule has 1 fully saturated rings. The third kappa shape index (κ3) is 2.27. The molecule has 0 unspecified atom stereocenters. The molecular formula is C14H17N3O3S. The SMILES string of the molecule is COc1ccc(-c2n[nH]c(=S)n2C2CC2)c(OC)c1OC. The zero-order chi connectivity index (χ0) is 15.0. The molecule has 2 aromatic rings. The lowest BCUT2D eigenvalue weighted by atomic mass is 10.1. The lowest BCUT2D eigenvalue weighted by Crippen LogP contribution is -2.01. The van der Waals surface area contributed by atoms with Crippen molar-refractivity contribution in [2.24, 2.45) is 0 Å². The molecule has 0 bridgehead atoms. The Morgan fingerprint density at radius 2 is 1.86 bits per heavy atom. The third-order valence-electron chi connectivity index (χ3n) is 3.56. The van der Waals surface area contributed by atoms with Crippen LogP contribution in [0.2, 0.25) is 0 Å². The monoisotopic (exact) mass is 307 g/mol. The number of aromatic nitrogens is 3. The van der Waals surface area contributed by atoms with Crippen LogP contribution in [0.4, 0.5) is 0 Å². The summed E-state index contributed by atoms with van der Waals surface area (Å²) < 4.78 is 18.9. The maximum absolute atomic E-state index is 5.52. The first-order chi connectivity index (χ1) is 10.2. The van der Waals surface area contributed by atoms with Crippen molar-refractivity contribution >= 4 is 12.2 Å². The number of nitrogens with one attached hydrogen (secondary N) is 1. The Balaban J connectivity index is 2.21. The van der Waals surface area contributed by atoms with Gasteiger partial charge in [0, 0.05) is 6.04 Å². The number of nitrogens with zero attached hydrogens (tertiary/aromatic N) is 2. The number of hydrogen-bond acceptors (Lipinski definition) is 5. The zero-order valence-corrected chi connectivity index (χ0v) is 13.0. The molecule has 7 heteroatoms. The molecule has 0 aliphatic heterocycles. The molecule has 1 aliphatic rings. The van der Waals surface area contributed by atoms with Crippen molar-refractivity contribution in [2.75, 3.05) is 21.3 Å². The van der Waals surface area contributed by atoms with Crippen molar-refractivity contribution in [1.29, 1.82) is 0 Å². The summed E-state index contributed by atoms with van der Waals surface area (Å²) in [4.78, 5) is 0. The molecule has 112 valence electrons. The zero-order valence-electron chi connectivity index (χ0n) is 12.2. The van der Waals surface area contributed by atoms with Crippen LogP contribution in [0.1, 0.15) is 18.9 Å². The van der Waals surface area contributed by atoms with E-state index in [9.17, 15) is 0 Å². The van der Waals surface area contributed by atoms with Crippen LogP contribution in [0.15, 0.2) is 12.1 Å². The fourth-order valence-corrected chi connectivity index (χ4v) is 2.72. The van der Waals surface area contributed by atoms with Gasteiger partial charge in [-0.05, 0) is 37.2 Å². The Morgan fingerprint density at radius 1 is 1.14 bits per heavy atom. The van der Waals surface area contributed by atoms with E-state index >= 15 is 0 Å². The Morgan fingerprint density at radius 3 is 2.43 bits per heavy atom. The molecule has 1 aromatic carbocycles. The lowest BCUT2D eigenvalue weighted by Gasteiger charge is -2.15. The third-order valence-corrected chi connectivity index (χ3v) is 3.85. The summed E-state index contributed by atoms with van der Waals surface area (Å²) in [5, 5.41) is 7.22. The van der Waals surface area contributed by atoms with Gasteiger partial charge >= 0.3 is 0 Å². The fraction of sp³-hybridized carbons (Fsp3) is 0.429. The van der Waals surface area contributed by atoms with Gasteiger partial charge in [-0.2, -0.15) is 5.10 Å². The first-order valence-corrected chi connectivity index (χ1v) is 7.08. The van der Waals surface area contributed by atoms with E-state index in [0.717, 1.165) is 24.2 Å². The highest BCUT2D eigenvalue weighted by atomic mass is 32.1. The molecule has 1 aliphatic carbocycles. The highest BCUT2D eigenvalue weighted by Gasteiger charge is 2.29. The summed E-state index contributed by atoms with van der Waals surface area (Å²) in [5.74, 6) is 2.52. The van der Waals surface area contributed by atoms with Gasteiger partial charge < -0.3 is 14.2 Å². The second kappa shape index (κ2) is 5.40. The summed E-state index contributed by atoms with van der Waals surface area (Å²) in [6.07, 6.45) is 2.24. The number of rotatable bonds is 5. The van der Waals surface area contributed by atoms with Crippen molar-refractivity contribution in [3.05, 3.63) is 16.9 Å². The lowest BCUT2D eigenvalue weighted by molar-refractivity contribution is 0.325. The fourth-order valence-electron chi connectivity index (χ4n) is 2.44. The molecule has 1 aromatic heterocycles. The highest BCUT2D eigenvalue weighted by Crippen LogP contribution is 2.46. The van der Waals surface area contributed by atoms with E-state index in [1.165, 1.54) is 0 Å². The van der Waals surface area contributed by atoms with Gasteiger partial charge in [0.1, 0.15) is 0 Å². The van der Waals surface area contributed by atoms with Gasteiger partial charge in [0.05, 0.1) is 26.9 Å². The normalized spacial score (nSPS) is 14.0. The summed E-state index contributed by atoms with van der Waals surface area (Å²) in [7, 11) is 4.78. The number of benzene rings is 1. The number of aromatic amines is 1. The van der Waals surface area contributed by atoms with Gasteiger partial charge in [-0.1, -0.05) is 0 Å². The maximum atomic E-state index is 5.52. The topological polar surface area (TPSA) is 61.3 Å². The van der Waals surface area contributed by atoms with Crippen LogP contribution in [-0.4, -0.2) is 36.1 Å². The van der Waals surface area contributed by atoms with Gasteiger partial charge in [-0.15, -0.1) is 0 Å². The van der Waals surface area contributed by atoms with Gasteiger partial charge in [-0.25, -0.2) is 0 Å². The molecule has 0 saturated heterocycles. The standard InChI is InChI=1S/C14H17N3O3S/c1-18-10-7-6-9(11(19-2)12(10)20-3)13-15-16-14(21)17(13)8-4-5-8/h6-8H,4-5H2,1-3H3,(H,16,21). The summed E-state index contributed by atoms with van der Waals surface area (Å²) in [6.45, 7) is 0. The molecular weight excluding hydrogens is 290 g/mol. The average Bonchev–Trinajstić information content (AvgIpc) is 3.28. The van der Waals surface area contributed by atoms with Crippen LogP contribution in [0.25, 0.3) is 11.4 Å². The summed E-state index contributed by atoms with van der Waals surface area (Å²) >= 11 is 5.33. The molecule has 0 radical (unpaired) electrons. The van der Waals surface area contributed by atoms with Crippen LogP contribution in [0, 0.1) is 4.77 Å². The molecule has 0 spiro atoms. The molecule has 0 atom stereocenters. The largest absolute Gasteiger partial charge is 0.493 e. The molecule has 1 N–H and O–H groups in total. The van der Waals surface area contributed by atoms with Crippen molar-refractivity contribution in [3.8, 4) is 28.6 Å². The Bertz CT molecular complexity index is 719. The van der Waals surface area contributed by atoms with E-state index in [0.29, 0.717) is 28.1 Å². The number of H-pyrrole nitrogens is 1. The second-order valence-electron chi connectivity index (χ2n) is 4.84. The Labute approximate surface area is 127 Å². The maximum Gasteiger partial charge on any atom is 0.204 e. The van der Waals surface area contributed by atoms with E-state index in [-0.39, 0.29) is 0 Å². The second-order valence-corrected chi connectivity index (χ2v) is 5.22. The first-order valence-electron chi connectivity index (χ1n) is 6.67. The van der Waals surface area contributed by atoms with E-state index in [4.69, 9.17) is 26.4 Å². The van der Waals surface area contributed by atoms with Gasteiger partial charge in [0.25, 0.3) is 0 Å². The summed E-state index contributed by atoms with van der Waals surface area (Å²) in [6, 6.07) is 4.17. The van der Waals surface area contributed by atoms with Crippen LogP contribution in [0.5, 0.6) is 17.2 Å². The summed E-state index contributed by atoms with van der Waals surface area (Å²) in [5.41, 5.74) is 0.828. The minimum Gasteiger partial charge on any atom is -0.493 e. The van der Waals surface area contributed by atoms with E-state index in [1.54, 1.807) is 21.3 Å². The number of hydrogen-bond donors (Lipinski definition) is 1. The first kappa shape index (κ1) is 13.9. The minimum atomic E-state index is 0.420. The van der Waals surface area contributed by atoms with Gasteiger partial charge in [-0.3, -0.25) is 9.67 Å². The molecule has 21 heavy (non-hydrogen) atoms. The molecule has 1 heterocycles. The molecule has 1 saturated carbocycles. The quantitative estimate of drug-likeness (QED) is 0.861. The molecule has 3 rings (SSSR count). The van der Waals surface area contributed by atoms with Gasteiger partial charge in [0.15, 0.2) is 22.1 Å². The predicted molar refractivity (Wildman–Crippen MR) is 80.8 cm³/mol. The molecule has 0 amide bonds. The smallest absolute Gasteiger partial charge is 0.204 e. The van der Waals surface area contributed by atoms with Crippen LogP contribution < -0.4 is 14.2 Å². The van der Waals surface area contributed by atoms with Crippen LogP contribution in [-0.2, 0) is 0 Å². The van der Waals surface area contributed by atoms with E-state index < -0.39 is 0 Å². The molecule has 6 nitrogen and oxygen atoms in total. The minimum absolute atomic E-state index is 0.420. The Kier molecular flexibility index (Phi) is 3.59. The van der Waals surface area contributed by atoms with Crippen LogP contribution in [0.3, 0.4) is 0 Å². The van der Waals surface area contributed by atoms with Crippen molar-refractivity contribution < 1.29 is 14.2 Å². The predicted octanol–water partition coefficient (Wildman–Crippen LogP) is 2.97. The van der Waals surface area contributed by atoms with Crippen molar-refractivity contribution in [3.63, 3.8) is 0 Å². The van der Waals surface area contributed by atoms with Crippen LogP contribution >= 0.6 is 12.2 Å². The van der Waals surface area contributed by atoms with E-state index in [2.05, 4.69) is 10.2 Å². The number of methoxy groups -OCH3 is 3. The number of ether oxygens (including phenoxy) is 3. The Hall–Kier alpha value is -2.02.